The SMILES string of the molecule is CC(C)c1c(-c2ccnc3[nH]ncc23)[nH]c2ccc(-c3nnc(CN4CCNC(=O)C4)o3)cc12. The van der Waals surface area contributed by atoms with Crippen molar-refractivity contribution in [2.45, 2.75) is 26.3 Å². The van der Waals surface area contributed by atoms with E-state index in [-0.39, 0.29) is 11.8 Å². The van der Waals surface area contributed by atoms with Gasteiger partial charge < -0.3 is 14.7 Å². The van der Waals surface area contributed by atoms with Gasteiger partial charge in [0, 0.05) is 46.7 Å². The molecule has 1 aromatic carbocycles. The van der Waals surface area contributed by atoms with Crippen LogP contribution in [-0.4, -0.2) is 60.8 Å². The van der Waals surface area contributed by atoms with Crippen LogP contribution >= 0.6 is 0 Å². The molecule has 10 nitrogen and oxygen atoms in total. The maximum absolute atomic E-state index is 11.6. The lowest BCUT2D eigenvalue weighted by Crippen LogP contribution is -2.47. The van der Waals surface area contributed by atoms with Crippen molar-refractivity contribution in [2.75, 3.05) is 19.6 Å². The van der Waals surface area contributed by atoms with Crippen LogP contribution in [-0.2, 0) is 11.3 Å². The highest BCUT2D eigenvalue weighted by molar-refractivity contribution is 5.99. The molecule has 5 heterocycles. The Balaban J connectivity index is 1.38. The summed E-state index contributed by atoms with van der Waals surface area (Å²) in [6, 6.07) is 8.15. The van der Waals surface area contributed by atoms with E-state index < -0.39 is 0 Å². The molecule has 172 valence electrons. The van der Waals surface area contributed by atoms with Crippen LogP contribution in [0.15, 0.2) is 41.1 Å². The Hall–Kier alpha value is -4.05. The van der Waals surface area contributed by atoms with Crippen molar-refractivity contribution in [1.29, 1.82) is 0 Å². The molecule has 1 aliphatic rings. The molecule has 5 aromatic rings. The van der Waals surface area contributed by atoms with Crippen molar-refractivity contribution >= 4 is 27.8 Å². The smallest absolute Gasteiger partial charge is 0.247 e. The van der Waals surface area contributed by atoms with E-state index in [9.17, 15) is 4.79 Å². The number of benzene rings is 1. The standard InChI is InChI=1S/C24H24N8O2/c1-13(2)21-16-9-14(24-31-29-20(34-24)12-32-8-7-25-19(33)11-32)3-4-18(16)28-22(21)15-5-6-26-23-17(15)10-27-30-23/h3-6,9-10,13,28H,7-8,11-12H2,1-2H3,(H,25,33)(H,26,27,30). The Morgan fingerprint density at radius 1 is 1.18 bits per heavy atom. The van der Waals surface area contributed by atoms with E-state index in [0.717, 1.165) is 45.3 Å². The predicted octanol–water partition coefficient (Wildman–Crippen LogP) is 3.21. The van der Waals surface area contributed by atoms with Crippen LogP contribution in [0.1, 0.15) is 31.2 Å². The minimum absolute atomic E-state index is 0.0165. The Morgan fingerprint density at radius 3 is 2.94 bits per heavy atom. The number of pyridine rings is 1. The molecule has 0 aliphatic carbocycles. The van der Waals surface area contributed by atoms with Gasteiger partial charge in [-0.1, -0.05) is 13.8 Å². The maximum atomic E-state index is 11.6. The van der Waals surface area contributed by atoms with Crippen molar-refractivity contribution in [3.63, 3.8) is 0 Å². The molecule has 0 saturated carbocycles. The van der Waals surface area contributed by atoms with Crippen LogP contribution < -0.4 is 5.32 Å². The third-order valence-electron chi connectivity index (χ3n) is 6.23. The van der Waals surface area contributed by atoms with E-state index in [0.29, 0.717) is 31.4 Å². The molecule has 4 aromatic heterocycles. The van der Waals surface area contributed by atoms with E-state index in [1.807, 2.05) is 29.3 Å². The Kier molecular flexibility index (Phi) is 4.88. The number of carbonyl (C=O) groups is 1. The molecule has 0 bridgehead atoms. The van der Waals surface area contributed by atoms with E-state index in [1.165, 1.54) is 5.56 Å². The third-order valence-corrected chi connectivity index (χ3v) is 6.23. The Labute approximate surface area is 194 Å². The van der Waals surface area contributed by atoms with Crippen LogP contribution in [0.3, 0.4) is 0 Å². The number of rotatable bonds is 5. The molecule has 1 fully saturated rings. The highest BCUT2D eigenvalue weighted by Crippen LogP contribution is 2.39. The molecule has 0 unspecified atom stereocenters. The van der Waals surface area contributed by atoms with Gasteiger partial charge in [0.25, 0.3) is 0 Å². The van der Waals surface area contributed by atoms with Gasteiger partial charge in [-0.3, -0.25) is 14.8 Å². The first-order valence-electron chi connectivity index (χ1n) is 11.3. The van der Waals surface area contributed by atoms with Gasteiger partial charge in [0.05, 0.1) is 25.0 Å². The van der Waals surface area contributed by atoms with E-state index in [1.54, 1.807) is 6.20 Å². The molecule has 0 atom stereocenters. The third kappa shape index (κ3) is 3.52. The number of amides is 1. The number of nitrogens with one attached hydrogen (secondary N) is 3. The van der Waals surface area contributed by atoms with Gasteiger partial charge in [0.1, 0.15) is 0 Å². The summed E-state index contributed by atoms with van der Waals surface area (Å²) in [7, 11) is 0. The fourth-order valence-electron chi connectivity index (χ4n) is 4.68. The van der Waals surface area contributed by atoms with Crippen molar-refractivity contribution in [2.24, 2.45) is 0 Å². The monoisotopic (exact) mass is 456 g/mol. The van der Waals surface area contributed by atoms with Gasteiger partial charge in [-0.25, -0.2) is 4.98 Å². The minimum Gasteiger partial charge on any atom is -0.419 e. The molecular weight excluding hydrogens is 432 g/mol. The lowest BCUT2D eigenvalue weighted by molar-refractivity contribution is -0.124. The van der Waals surface area contributed by atoms with Gasteiger partial charge >= 0.3 is 0 Å². The van der Waals surface area contributed by atoms with Gasteiger partial charge in [-0.15, -0.1) is 10.2 Å². The second-order valence-corrected chi connectivity index (χ2v) is 8.88. The average molecular weight is 457 g/mol. The summed E-state index contributed by atoms with van der Waals surface area (Å²) in [6.45, 7) is 6.56. The highest BCUT2D eigenvalue weighted by atomic mass is 16.4. The molecular formula is C24H24N8O2. The molecule has 3 N–H and O–H groups in total. The number of carbonyl (C=O) groups excluding carboxylic acids is 1. The number of hydrogen-bond acceptors (Lipinski definition) is 7. The molecule has 34 heavy (non-hydrogen) atoms. The molecule has 1 saturated heterocycles. The minimum atomic E-state index is 0.0165. The second-order valence-electron chi connectivity index (χ2n) is 8.88. The summed E-state index contributed by atoms with van der Waals surface area (Å²) in [5, 5.41) is 20.5. The fraction of sp³-hybridized carbons (Fsp3) is 0.292. The van der Waals surface area contributed by atoms with Crippen LogP contribution in [0.5, 0.6) is 0 Å². The van der Waals surface area contributed by atoms with Crippen LogP contribution in [0.2, 0.25) is 0 Å². The molecule has 1 aliphatic heterocycles. The van der Waals surface area contributed by atoms with Gasteiger partial charge in [0.2, 0.25) is 17.7 Å². The van der Waals surface area contributed by atoms with Crippen LogP contribution in [0, 0.1) is 0 Å². The van der Waals surface area contributed by atoms with Gasteiger partial charge in [0.15, 0.2) is 5.65 Å². The zero-order chi connectivity index (χ0) is 23.2. The first-order chi connectivity index (χ1) is 16.6. The average Bonchev–Trinajstić information content (AvgIpc) is 3.56. The molecule has 0 radical (unpaired) electrons. The summed E-state index contributed by atoms with van der Waals surface area (Å²) in [4.78, 5) is 21.6. The highest BCUT2D eigenvalue weighted by Gasteiger charge is 2.21. The van der Waals surface area contributed by atoms with Crippen molar-refractivity contribution in [1.82, 2.24) is 40.6 Å². The number of aromatic amines is 2. The summed E-state index contributed by atoms with van der Waals surface area (Å²) in [6.07, 6.45) is 3.60. The summed E-state index contributed by atoms with van der Waals surface area (Å²) in [5.74, 6) is 1.26. The van der Waals surface area contributed by atoms with Crippen LogP contribution in [0.25, 0.3) is 44.6 Å². The molecule has 0 spiro atoms. The number of hydrogen-bond donors (Lipinski definition) is 3. The lowest BCUT2D eigenvalue weighted by atomic mass is 9.95. The first-order valence-corrected chi connectivity index (χ1v) is 11.3. The number of aromatic nitrogens is 6. The number of fused-ring (bicyclic) bond motifs is 2. The van der Waals surface area contributed by atoms with Crippen molar-refractivity contribution < 1.29 is 9.21 Å². The summed E-state index contributed by atoms with van der Waals surface area (Å²) >= 11 is 0. The second kappa shape index (κ2) is 8.07. The Morgan fingerprint density at radius 2 is 2.09 bits per heavy atom. The van der Waals surface area contributed by atoms with Crippen LogP contribution in [0.4, 0.5) is 0 Å². The quantitative estimate of drug-likeness (QED) is 0.370. The molecule has 6 rings (SSSR count). The molecule has 1 amide bonds. The zero-order valence-corrected chi connectivity index (χ0v) is 18.9. The summed E-state index contributed by atoms with van der Waals surface area (Å²) in [5.41, 5.74) is 5.99. The predicted molar refractivity (Wildman–Crippen MR) is 127 cm³/mol. The largest absolute Gasteiger partial charge is 0.419 e. The van der Waals surface area contributed by atoms with Gasteiger partial charge in [-0.2, -0.15) is 5.10 Å². The fourth-order valence-corrected chi connectivity index (χ4v) is 4.68. The maximum Gasteiger partial charge on any atom is 0.247 e. The normalized spacial score (nSPS) is 15.0. The molecule has 10 heteroatoms. The van der Waals surface area contributed by atoms with E-state index >= 15 is 0 Å². The number of H-pyrrole nitrogens is 2. The Bertz CT molecular complexity index is 1510. The van der Waals surface area contributed by atoms with Crippen molar-refractivity contribution in [3.05, 3.63) is 48.1 Å². The van der Waals surface area contributed by atoms with Gasteiger partial charge in [-0.05, 0) is 35.7 Å². The number of piperazine rings is 1. The lowest BCUT2D eigenvalue weighted by Gasteiger charge is -2.24. The first kappa shape index (κ1) is 20.5. The topological polar surface area (TPSA) is 129 Å². The van der Waals surface area contributed by atoms with Crippen molar-refractivity contribution in [3.8, 4) is 22.7 Å². The van der Waals surface area contributed by atoms with E-state index in [4.69, 9.17) is 4.42 Å². The summed E-state index contributed by atoms with van der Waals surface area (Å²) < 4.78 is 5.97. The van der Waals surface area contributed by atoms with E-state index in [2.05, 4.69) is 55.6 Å². The number of nitrogens with zero attached hydrogens (tertiary/aromatic N) is 5. The zero-order valence-electron chi connectivity index (χ0n) is 18.9.